The van der Waals surface area contributed by atoms with Crippen LogP contribution in [0.2, 0.25) is 0 Å². The van der Waals surface area contributed by atoms with E-state index in [-0.39, 0.29) is 9.52 Å². The van der Waals surface area contributed by atoms with E-state index in [0.29, 0.717) is 19.2 Å². The second-order valence-electron chi connectivity index (χ2n) is 1.87. The Kier molecular flexibility index (Phi) is 7.84. The Bertz CT molecular complexity index is 109. The van der Waals surface area contributed by atoms with Gasteiger partial charge in [0.15, 0.2) is 0 Å². The lowest BCUT2D eigenvalue weighted by Crippen LogP contribution is -2.00. The number of halogens is 1. The van der Waals surface area contributed by atoms with Crippen molar-refractivity contribution >= 4 is 21.1 Å². The molecule has 0 aromatic carbocycles. The molecule has 0 spiro atoms. The molecule has 0 unspecified atom stereocenters. The molecule has 0 heterocycles. The number of hydrogen-bond donors (Lipinski definition) is 0. The topological polar surface area (TPSA) is 18.5 Å². The van der Waals surface area contributed by atoms with Gasteiger partial charge in [-0.05, 0) is 19.5 Å². The van der Waals surface area contributed by atoms with Gasteiger partial charge in [-0.15, -0.1) is 11.6 Å². The first kappa shape index (κ1) is 10.8. The smallest absolute Gasteiger partial charge is 0.270 e. The van der Waals surface area contributed by atoms with Gasteiger partial charge in [-0.2, -0.15) is 0 Å². The summed E-state index contributed by atoms with van der Waals surface area (Å²) in [5, 5.41) is 0. The number of alkyl halides is 1. The zero-order valence-corrected chi connectivity index (χ0v) is 9.27. The molecule has 0 aliphatic heterocycles. The quantitative estimate of drug-likeness (QED) is 0.360. The summed E-state index contributed by atoms with van der Waals surface area (Å²) in [7, 11) is -0.313. The van der Waals surface area contributed by atoms with Crippen LogP contribution in [-0.2, 0) is 9.47 Å². The average molecular weight is 195 g/mol. The first-order chi connectivity index (χ1) is 5.35. The molecular weight excluding hydrogens is 180 g/mol. The second-order valence-corrected chi connectivity index (χ2v) is 4.36. The first-order valence-electron chi connectivity index (χ1n) is 3.86. The van der Waals surface area contributed by atoms with Crippen molar-refractivity contribution in [3.05, 3.63) is 11.6 Å². The molecule has 0 aromatic heterocycles. The minimum absolute atomic E-state index is 0.313. The Morgan fingerprint density at radius 1 is 1.36 bits per heavy atom. The van der Waals surface area contributed by atoms with Crippen molar-refractivity contribution in [2.24, 2.45) is 0 Å². The van der Waals surface area contributed by atoms with Crippen LogP contribution in [0.25, 0.3) is 0 Å². The zero-order valence-electron chi connectivity index (χ0n) is 7.10. The Balaban J connectivity index is 3.66. The highest BCUT2D eigenvalue weighted by atomic mass is 35.5. The fraction of sp³-hybridized carbons (Fsp3) is 0.714. The molecule has 2 nitrogen and oxygen atoms in total. The van der Waals surface area contributed by atoms with Crippen LogP contribution in [-0.4, -0.2) is 28.2 Å². The molecule has 11 heavy (non-hydrogen) atoms. The van der Waals surface area contributed by atoms with Crippen molar-refractivity contribution < 1.29 is 9.47 Å². The SMILES string of the molecule is CCOC(=C[SiH2]CCl)OCC. The van der Waals surface area contributed by atoms with Gasteiger partial charge >= 0.3 is 0 Å². The van der Waals surface area contributed by atoms with E-state index >= 15 is 0 Å². The van der Waals surface area contributed by atoms with Gasteiger partial charge in [-0.25, -0.2) is 0 Å². The minimum Gasteiger partial charge on any atom is -0.466 e. The molecule has 0 saturated heterocycles. The molecule has 0 saturated carbocycles. The van der Waals surface area contributed by atoms with Crippen LogP contribution in [0.4, 0.5) is 0 Å². The Morgan fingerprint density at radius 3 is 2.27 bits per heavy atom. The molecule has 0 aliphatic carbocycles. The summed E-state index contributed by atoms with van der Waals surface area (Å²) in [5.74, 6) is 0.655. The molecule has 0 fully saturated rings. The lowest BCUT2D eigenvalue weighted by atomic mass is 10.8. The maximum absolute atomic E-state index is 5.55. The van der Waals surface area contributed by atoms with E-state index in [1.807, 2.05) is 19.5 Å². The molecule has 0 atom stereocenters. The monoisotopic (exact) mass is 194 g/mol. The highest BCUT2D eigenvalue weighted by molar-refractivity contribution is 6.54. The third-order valence-electron chi connectivity index (χ3n) is 0.993. The normalized spacial score (nSPS) is 10.1. The van der Waals surface area contributed by atoms with Crippen LogP contribution in [0.1, 0.15) is 13.8 Å². The summed E-state index contributed by atoms with van der Waals surface area (Å²) in [6, 6.07) is 0. The molecule has 0 amide bonds. The van der Waals surface area contributed by atoms with E-state index in [4.69, 9.17) is 21.1 Å². The van der Waals surface area contributed by atoms with Crippen LogP contribution < -0.4 is 0 Å². The zero-order chi connectivity index (χ0) is 8.53. The van der Waals surface area contributed by atoms with Crippen LogP contribution in [0.5, 0.6) is 0 Å². The molecule has 0 rings (SSSR count). The molecule has 66 valence electrons. The van der Waals surface area contributed by atoms with E-state index in [0.717, 1.165) is 5.50 Å². The van der Waals surface area contributed by atoms with Crippen molar-refractivity contribution in [2.45, 2.75) is 13.8 Å². The minimum atomic E-state index is -0.313. The summed E-state index contributed by atoms with van der Waals surface area (Å²) < 4.78 is 10.4. The summed E-state index contributed by atoms with van der Waals surface area (Å²) in [4.78, 5) is 0. The van der Waals surface area contributed by atoms with E-state index in [2.05, 4.69) is 0 Å². The van der Waals surface area contributed by atoms with E-state index in [9.17, 15) is 0 Å². The first-order valence-corrected chi connectivity index (χ1v) is 6.22. The summed E-state index contributed by atoms with van der Waals surface area (Å²) >= 11 is 5.55. The molecule has 0 N–H and O–H groups in total. The van der Waals surface area contributed by atoms with Gasteiger partial charge in [0.25, 0.3) is 5.95 Å². The highest BCUT2D eigenvalue weighted by Crippen LogP contribution is 1.98. The van der Waals surface area contributed by atoms with Crippen LogP contribution in [0.3, 0.4) is 0 Å². The van der Waals surface area contributed by atoms with E-state index in [1.54, 1.807) is 0 Å². The second kappa shape index (κ2) is 7.95. The predicted octanol–water partition coefficient (Wildman–Crippen LogP) is 1.22. The predicted molar refractivity (Wildman–Crippen MR) is 50.6 cm³/mol. The third-order valence-corrected chi connectivity index (χ3v) is 2.49. The largest absolute Gasteiger partial charge is 0.466 e. The van der Waals surface area contributed by atoms with Crippen molar-refractivity contribution in [1.82, 2.24) is 0 Å². The number of hydrogen-bond acceptors (Lipinski definition) is 2. The van der Waals surface area contributed by atoms with Gasteiger partial charge in [0.05, 0.1) is 22.7 Å². The molecular formula is C7H15ClO2Si. The van der Waals surface area contributed by atoms with Crippen molar-refractivity contribution in [2.75, 3.05) is 18.7 Å². The lowest BCUT2D eigenvalue weighted by Gasteiger charge is -2.07. The van der Waals surface area contributed by atoms with Crippen LogP contribution >= 0.6 is 11.6 Å². The van der Waals surface area contributed by atoms with E-state index in [1.165, 1.54) is 0 Å². The molecule has 0 bridgehead atoms. The van der Waals surface area contributed by atoms with Gasteiger partial charge in [-0.3, -0.25) is 0 Å². The lowest BCUT2D eigenvalue weighted by molar-refractivity contribution is 0.0476. The van der Waals surface area contributed by atoms with Gasteiger partial charge in [0.2, 0.25) is 0 Å². The Labute approximate surface area is 75.3 Å². The fourth-order valence-corrected chi connectivity index (χ4v) is 1.52. The van der Waals surface area contributed by atoms with Gasteiger partial charge in [-0.1, -0.05) is 0 Å². The maximum atomic E-state index is 5.55. The highest BCUT2D eigenvalue weighted by Gasteiger charge is 1.94. The Morgan fingerprint density at radius 2 is 1.91 bits per heavy atom. The van der Waals surface area contributed by atoms with Crippen molar-refractivity contribution in [3.8, 4) is 0 Å². The average Bonchev–Trinajstić information content (AvgIpc) is 2.01. The van der Waals surface area contributed by atoms with Crippen LogP contribution in [0.15, 0.2) is 11.6 Å². The standard InChI is InChI=1S/C7H15ClO2Si/c1-3-9-7(10-4-2)5-11-6-8/h5H,3-4,6,11H2,1-2H3. The third kappa shape index (κ3) is 6.25. The van der Waals surface area contributed by atoms with Gasteiger partial charge in [0.1, 0.15) is 0 Å². The molecule has 4 heteroatoms. The summed E-state index contributed by atoms with van der Waals surface area (Å²) in [5.41, 5.74) is 2.74. The molecule has 0 aromatic rings. The van der Waals surface area contributed by atoms with Gasteiger partial charge < -0.3 is 9.47 Å². The number of ether oxygens (including phenoxy) is 2. The van der Waals surface area contributed by atoms with E-state index < -0.39 is 0 Å². The number of rotatable bonds is 6. The fourth-order valence-electron chi connectivity index (χ4n) is 0.616. The van der Waals surface area contributed by atoms with Crippen LogP contribution in [0, 0.1) is 0 Å². The van der Waals surface area contributed by atoms with Crippen molar-refractivity contribution in [1.29, 1.82) is 0 Å². The molecule has 0 aliphatic rings. The maximum Gasteiger partial charge on any atom is 0.270 e. The van der Waals surface area contributed by atoms with Crippen molar-refractivity contribution in [3.63, 3.8) is 0 Å². The van der Waals surface area contributed by atoms with Gasteiger partial charge in [0, 0.05) is 5.50 Å². The summed E-state index contributed by atoms with van der Waals surface area (Å²) in [6.07, 6.45) is 0. The summed E-state index contributed by atoms with van der Waals surface area (Å²) in [6.45, 7) is 5.19. The Hall–Kier alpha value is -0.153. The molecule has 0 radical (unpaired) electrons.